The molecule has 0 aliphatic rings. The van der Waals surface area contributed by atoms with Gasteiger partial charge in [-0.1, -0.05) is 13.8 Å². The second-order valence-corrected chi connectivity index (χ2v) is 3.17. The summed E-state index contributed by atoms with van der Waals surface area (Å²) in [5.74, 6) is 0.468. The average molecular weight is 163 g/mol. The first-order valence-electron chi connectivity index (χ1n) is 4.05. The molecule has 0 aliphatic heterocycles. The third kappa shape index (κ3) is 1.65. The van der Waals surface area contributed by atoms with Gasteiger partial charge in [0, 0.05) is 12.7 Å². The molecule has 3 nitrogen and oxygen atoms in total. The molecule has 0 N–H and O–H groups in total. The number of hydrogen-bond acceptors (Lipinski definition) is 2. The summed E-state index contributed by atoms with van der Waals surface area (Å²) in [6.07, 6.45) is 0.403. The summed E-state index contributed by atoms with van der Waals surface area (Å²) in [6.45, 7) is 4.24. The minimum absolute atomic E-state index is 0.403. The van der Waals surface area contributed by atoms with Crippen molar-refractivity contribution < 1.29 is 0 Å². The van der Waals surface area contributed by atoms with Crippen LogP contribution in [0, 0.1) is 11.3 Å². The van der Waals surface area contributed by atoms with E-state index in [0.717, 1.165) is 5.69 Å². The summed E-state index contributed by atoms with van der Waals surface area (Å²) in [5.41, 5.74) is 2.05. The van der Waals surface area contributed by atoms with Crippen LogP contribution < -0.4 is 0 Å². The molecule has 0 aromatic carbocycles. The first-order chi connectivity index (χ1) is 5.65. The van der Waals surface area contributed by atoms with Crippen LogP contribution >= 0.6 is 0 Å². The van der Waals surface area contributed by atoms with Crippen molar-refractivity contribution in [1.82, 2.24) is 9.78 Å². The normalized spacial score (nSPS) is 10.2. The molecule has 0 saturated carbocycles. The molecule has 0 aliphatic carbocycles. The van der Waals surface area contributed by atoms with E-state index >= 15 is 0 Å². The van der Waals surface area contributed by atoms with E-state index in [1.807, 2.05) is 17.8 Å². The fraction of sp³-hybridized carbons (Fsp3) is 0.556. The fourth-order valence-electron chi connectivity index (χ4n) is 1.25. The second kappa shape index (κ2) is 3.40. The van der Waals surface area contributed by atoms with E-state index in [9.17, 15) is 0 Å². The number of nitriles is 1. The Hall–Kier alpha value is -1.30. The molecular weight excluding hydrogens is 150 g/mol. The Morgan fingerprint density at radius 1 is 1.67 bits per heavy atom. The van der Waals surface area contributed by atoms with E-state index < -0.39 is 0 Å². The lowest BCUT2D eigenvalue weighted by Gasteiger charge is -2.02. The van der Waals surface area contributed by atoms with E-state index in [1.54, 1.807) is 0 Å². The zero-order valence-electron chi connectivity index (χ0n) is 7.70. The highest BCUT2D eigenvalue weighted by atomic mass is 15.3. The van der Waals surface area contributed by atoms with Crippen LogP contribution in [-0.2, 0) is 13.5 Å². The predicted molar refractivity (Wildman–Crippen MR) is 46.6 cm³/mol. The van der Waals surface area contributed by atoms with E-state index in [0.29, 0.717) is 12.3 Å². The molecular formula is C9H13N3. The van der Waals surface area contributed by atoms with E-state index in [4.69, 9.17) is 5.26 Å². The second-order valence-electron chi connectivity index (χ2n) is 3.17. The van der Waals surface area contributed by atoms with Crippen molar-refractivity contribution in [3.63, 3.8) is 0 Å². The number of rotatable bonds is 2. The molecule has 1 rings (SSSR count). The lowest BCUT2D eigenvalue weighted by molar-refractivity contribution is 0.664. The molecule has 1 aromatic heterocycles. The number of nitrogens with zero attached hydrogens (tertiary/aromatic N) is 3. The van der Waals surface area contributed by atoms with Gasteiger partial charge in [-0.05, 0) is 12.0 Å². The molecule has 0 unspecified atom stereocenters. The molecule has 3 heteroatoms. The fourth-order valence-corrected chi connectivity index (χ4v) is 1.25. The highest BCUT2D eigenvalue weighted by Gasteiger charge is 2.07. The topological polar surface area (TPSA) is 41.6 Å². The summed E-state index contributed by atoms with van der Waals surface area (Å²) >= 11 is 0. The van der Waals surface area contributed by atoms with E-state index in [1.165, 1.54) is 5.69 Å². The molecule has 0 amide bonds. The van der Waals surface area contributed by atoms with Gasteiger partial charge in [0.2, 0.25) is 0 Å². The Morgan fingerprint density at radius 2 is 2.33 bits per heavy atom. The smallest absolute Gasteiger partial charge is 0.0793 e. The Kier molecular flexibility index (Phi) is 2.49. The van der Waals surface area contributed by atoms with Gasteiger partial charge in [0.15, 0.2) is 0 Å². The Labute approximate surface area is 72.6 Å². The Morgan fingerprint density at radius 3 is 2.75 bits per heavy atom. The van der Waals surface area contributed by atoms with Crippen LogP contribution in [-0.4, -0.2) is 9.78 Å². The largest absolute Gasteiger partial charge is 0.272 e. The van der Waals surface area contributed by atoms with Crippen LogP contribution in [0.4, 0.5) is 0 Å². The summed E-state index contributed by atoms with van der Waals surface area (Å²) in [7, 11) is 1.91. The summed E-state index contributed by atoms with van der Waals surface area (Å²) in [5, 5.41) is 12.7. The van der Waals surface area contributed by atoms with Gasteiger partial charge < -0.3 is 0 Å². The molecule has 1 heterocycles. The minimum atomic E-state index is 0.403. The lowest BCUT2D eigenvalue weighted by atomic mass is 10.1. The van der Waals surface area contributed by atoms with Crippen LogP contribution in [0.5, 0.6) is 0 Å². The van der Waals surface area contributed by atoms with Gasteiger partial charge in [0.05, 0.1) is 18.2 Å². The quantitative estimate of drug-likeness (QED) is 0.664. The van der Waals surface area contributed by atoms with Crippen molar-refractivity contribution in [2.24, 2.45) is 7.05 Å². The maximum absolute atomic E-state index is 8.46. The van der Waals surface area contributed by atoms with Crippen molar-refractivity contribution in [2.75, 3.05) is 0 Å². The summed E-state index contributed by atoms with van der Waals surface area (Å²) < 4.78 is 1.84. The van der Waals surface area contributed by atoms with E-state index in [2.05, 4.69) is 25.0 Å². The highest BCUT2D eigenvalue weighted by Crippen LogP contribution is 2.14. The van der Waals surface area contributed by atoms with Gasteiger partial charge in [-0.25, -0.2) is 0 Å². The average Bonchev–Trinajstić information content (AvgIpc) is 2.32. The summed E-state index contributed by atoms with van der Waals surface area (Å²) in [6, 6.07) is 4.08. The molecule has 0 saturated heterocycles. The maximum Gasteiger partial charge on any atom is 0.0793 e. The third-order valence-corrected chi connectivity index (χ3v) is 1.82. The van der Waals surface area contributed by atoms with Gasteiger partial charge in [-0.2, -0.15) is 10.4 Å². The monoisotopic (exact) mass is 163 g/mol. The van der Waals surface area contributed by atoms with E-state index in [-0.39, 0.29) is 0 Å². The standard InChI is InChI=1S/C9H13N3/c1-7(2)9-6-8(4-5-10)11-12(9)3/h6-7H,4H2,1-3H3. The molecule has 12 heavy (non-hydrogen) atoms. The SMILES string of the molecule is CC(C)c1cc(CC#N)nn1C. The van der Waals surface area contributed by atoms with Gasteiger partial charge in [0.25, 0.3) is 0 Å². The predicted octanol–water partition coefficient (Wildman–Crippen LogP) is 1.61. The van der Waals surface area contributed by atoms with Crippen molar-refractivity contribution in [3.05, 3.63) is 17.5 Å². The van der Waals surface area contributed by atoms with Gasteiger partial charge >= 0.3 is 0 Å². The highest BCUT2D eigenvalue weighted by molar-refractivity contribution is 5.15. The zero-order chi connectivity index (χ0) is 9.14. The van der Waals surface area contributed by atoms with Crippen molar-refractivity contribution in [2.45, 2.75) is 26.2 Å². The Bertz CT molecular complexity index is 304. The molecule has 0 radical (unpaired) electrons. The van der Waals surface area contributed by atoms with Crippen LogP contribution in [0.15, 0.2) is 6.07 Å². The molecule has 1 aromatic rings. The Balaban J connectivity index is 2.94. The first kappa shape index (κ1) is 8.79. The minimum Gasteiger partial charge on any atom is -0.272 e. The maximum atomic E-state index is 8.46. The van der Waals surface area contributed by atoms with Crippen LogP contribution in [0.3, 0.4) is 0 Å². The van der Waals surface area contributed by atoms with Gasteiger partial charge in [-0.15, -0.1) is 0 Å². The number of aryl methyl sites for hydroxylation is 1. The number of aromatic nitrogens is 2. The van der Waals surface area contributed by atoms with Crippen molar-refractivity contribution >= 4 is 0 Å². The van der Waals surface area contributed by atoms with Gasteiger partial charge in [-0.3, -0.25) is 4.68 Å². The van der Waals surface area contributed by atoms with Crippen molar-refractivity contribution in [1.29, 1.82) is 5.26 Å². The molecule has 0 spiro atoms. The van der Waals surface area contributed by atoms with Crippen LogP contribution in [0.25, 0.3) is 0 Å². The zero-order valence-corrected chi connectivity index (χ0v) is 7.70. The molecule has 0 bridgehead atoms. The van der Waals surface area contributed by atoms with Gasteiger partial charge in [0.1, 0.15) is 0 Å². The first-order valence-corrected chi connectivity index (χ1v) is 4.05. The third-order valence-electron chi connectivity index (χ3n) is 1.82. The van der Waals surface area contributed by atoms with Crippen LogP contribution in [0.2, 0.25) is 0 Å². The molecule has 0 atom stereocenters. The number of hydrogen-bond donors (Lipinski definition) is 0. The van der Waals surface area contributed by atoms with Crippen LogP contribution in [0.1, 0.15) is 31.2 Å². The molecule has 64 valence electrons. The van der Waals surface area contributed by atoms with Crippen molar-refractivity contribution in [3.8, 4) is 6.07 Å². The lowest BCUT2D eigenvalue weighted by Crippen LogP contribution is -1.99. The summed E-state index contributed by atoms with van der Waals surface area (Å²) in [4.78, 5) is 0. The molecule has 0 fully saturated rings.